The van der Waals surface area contributed by atoms with Gasteiger partial charge >= 0.3 is 0 Å². The Morgan fingerprint density at radius 2 is 2.12 bits per heavy atom. The van der Waals surface area contributed by atoms with E-state index in [9.17, 15) is 5.11 Å². The highest BCUT2D eigenvalue weighted by molar-refractivity contribution is 5.26. The second-order valence-electron chi connectivity index (χ2n) is 4.57. The predicted molar refractivity (Wildman–Crippen MR) is 63.2 cm³/mol. The molecular formula is C13H19NO2. The molecule has 0 radical (unpaired) electrons. The predicted octanol–water partition coefficient (Wildman–Crippen LogP) is 1.60. The van der Waals surface area contributed by atoms with Crippen molar-refractivity contribution in [3.05, 3.63) is 29.8 Å². The van der Waals surface area contributed by atoms with E-state index in [2.05, 4.69) is 4.90 Å². The summed E-state index contributed by atoms with van der Waals surface area (Å²) < 4.78 is 0. The molecule has 1 saturated carbocycles. The fraction of sp³-hybridized carbons (Fsp3) is 0.538. The summed E-state index contributed by atoms with van der Waals surface area (Å²) in [5.41, 5.74) is 1.11. The molecule has 0 unspecified atom stereocenters. The first kappa shape index (κ1) is 11.4. The SMILES string of the molecule is OCCN(Cc1cccc(O)c1)CC1CC1. The second kappa shape index (κ2) is 5.32. The minimum Gasteiger partial charge on any atom is -0.508 e. The molecule has 88 valence electrons. The van der Waals surface area contributed by atoms with Crippen molar-refractivity contribution in [2.75, 3.05) is 19.7 Å². The normalized spacial score (nSPS) is 15.6. The van der Waals surface area contributed by atoms with Crippen LogP contribution in [0.25, 0.3) is 0 Å². The van der Waals surface area contributed by atoms with Crippen LogP contribution in [0.2, 0.25) is 0 Å². The third-order valence-corrected chi connectivity index (χ3v) is 2.95. The summed E-state index contributed by atoms with van der Waals surface area (Å²) in [4.78, 5) is 2.26. The van der Waals surface area contributed by atoms with Crippen LogP contribution < -0.4 is 0 Å². The van der Waals surface area contributed by atoms with Crippen molar-refractivity contribution in [1.82, 2.24) is 4.90 Å². The number of hydrogen-bond acceptors (Lipinski definition) is 3. The van der Waals surface area contributed by atoms with Crippen LogP contribution in [0.5, 0.6) is 5.75 Å². The van der Waals surface area contributed by atoms with Crippen LogP contribution >= 0.6 is 0 Å². The van der Waals surface area contributed by atoms with Crippen LogP contribution in [0.15, 0.2) is 24.3 Å². The van der Waals surface area contributed by atoms with Crippen molar-refractivity contribution in [3.8, 4) is 5.75 Å². The molecule has 1 aromatic rings. The number of nitrogens with zero attached hydrogens (tertiary/aromatic N) is 1. The van der Waals surface area contributed by atoms with Crippen molar-refractivity contribution < 1.29 is 10.2 Å². The Kier molecular flexibility index (Phi) is 3.80. The molecule has 2 rings (SSSR count). The summed E-state index contributed by atoms with van der Waals surface area (Å²) in [5.74, 6) is 1.14. The Morgan fingerprint density at radius 3 is 2.75 bits per heavy atom. The zero-order chi connectivity index (χ0) is 11.4. The number of benzene rings is 1. The van der Waals surface area contributed by atoms with Gasteiger partial charge in [-0.3, -0.25) is 4.90 Å². The van der Waals surface area contributed by atoms with E-state index >= 15 is 0 Å². The summed E-state index contributed by atoms with van der Waals surface area (Å²) >= 11 is 0. The number of phenols is 1. The Labute approximate surface area is 96.3 Å². The molecule has 1 aliphatic carbocycles. The Morgan fingerprint density at radius 1 is 1.31 bits per heavy atom. The van der Waals surface area contributed by atoms with E-state index in [1.54, 1.807) is 12.1 Å². The number of aliphatic hydroxyl groups excluding tert-OH is 1. The maximum Gasteiger partial charge on any atom is 0.115 e. The second-order valence-corrected chi connectivity index (χ2v) is 4.57. The van der Waals surface area contributed by atoms with Gasteiger partial charge in [-0.1, -0.05) is 12.1 Å². The van der Waals surface area contributed by atoms with Crippen LogP contribution in [-0.4, -0.2) is 34.8 Å². The maximum atomic E-state index is 9.38. The molecule has 0 aliphatic heterocycles. The fourth-order valence-electron chi connectivity index (χ4n) is 1.95. The molecule has 0 bridgehead atoms. The van der Waals surface area contributed by atoms with Gasteiger partial charge in [0.05, 0.1) is 6.61 Å². The lowest BCUT2D eigenvalue weighted by molar-refractivity contribution is 0.185. The summed E-state index contributed by atoms with van der Waals surface area (Å²) in [6.07, 6.45) is 2.64. The third kappa shape index (κ3) is 3.51. The van der Waals surface area contributed by atoms with E-state index in [-0.39, 0.29) is 6.61 Å². The summed E-state index contributed by atoms with van der Waals surface area (Å²) in [6.45, 7) is 2.79. The summed E-state index contributed by atoms with van der Waals surface area (Å²) in [5, 5.41) is 18.4. The van der Waals surface area contributed by atoms with Crippen LogP contribution in [-0.2, 0) is 6.54 Å². The Hall–Kier alpha value is -1.06. The molecule has 3 heteroatoms. The quantitative estimate of drug-likeness (QED) is 0.766. The number of phenolic OH excluding ortho intramolecular Hbond substituents is 1. The number of aliphatic hydroxyl groups is 1. The zero-order valence-corrected chi connectivity index (χ0v) is 9.47. The van der Waals surface area contributed by atoms with Crippen LogP contribution in [0.3, 0.4) is 0 Å². The molecule has 1 fully saturated rings. The van der Waals surface area contributed by atoms with E-state index < -0.39 is 0 Å². The van der Waals surface area contributed by atoms with Crippen molar-refractivity contribution in [2.24, 2.45) is 5.92 Å². The van der Waals surface area contributed by atoms with Gasteiger partial charge < -0.3 is 10.2 Å². The van der Waals surface area contributed by atoms with Crippen LogP contribution in [0.4, 0.5) is 0 Å². The average Bonchev–Trinajstić information content (AvgIpc) is 3.02. The van der Waals surface area contributed by atoms with Crippen LogP contribution in [0, 0.1) is 5.92 Å². The highest BCUT2D eigenvalue weighted by atomic mass is 16.3. The number of hydrogen-bond donors (Lipinski definition) is 2. The van der Waals surface area contributed by atoms with Gasteiger partial charge in [-0.05, 0) is 36.5 Å². The van der Waals surface area contributed by atoms with Gasteiger partial charge in [-0.2, -0.15) is 0 Å². The monoisotopic (exact) mass is 221 g/mol. The van der Waals surface area contributed by atoms with Gasteiger partial charge in [0.25, 0.3) is 0 Å². The van der Waals surface area contributed by atoms with Crippen molar-refractivity contribution >= 4 is 0 Å². The average molecular weight is 221 g/mol. The lowest BCUT2D eigenvalue weighted by Crippen LogP contribution is -2.28. The molecule has 1 aromatic carbocycles. The lowest BCUT2D eigenvalue weighted by atomic mass is 10.2. The number of aromatic hydroxyl groups is 1. The van der Waals surface area contributed by atoms with Crippen molar-refractivity contribution in [2.45, 2.75) is 19.4 Å². The molecule has 16 heavy (non-hydrogen) atoms. The molecule has 0 atom stereocenters. The molecule has 0 heterocycles. The molecule has 1 aliphatic rings. The van der Waals surface area contributed by atoms with E-state index in [1.165, 1.54) is 12.8 Å². The van der Waals surface area contributed by atoms with Gasteiger partial charge in [-0.15, -0.1) is 0 Å². The molecule has 0 amide bonds. The van der Waals surface area contributed by atoms with Gasteiger partial charge in [-0.25, -0.2) is 0 Å². The topological polar surface area (TPSA) is 43.7 Å². The minimum atomic E-state index is 0.200. The first-order valence-electron chi connectivity index (χ1n) is 5.89. The van der Waals surface area contributed by atoms with Crippen molar-refractivity contribution in [3.63, 3.8) is 0 Å². The summed E-state index contributed by atoms with van der Waals surface area (Å²) in [7, 11) is 0. The molecular weight excluding hydrogens is 202 g/mol. The first-order chi connectivity index (χ1) is 7.78. The Balaban J connectivity index is 1.92. The van der Waals surface area contributed by atoms with Gasteiger partial charge in [0.15, 0.2) is 0 Å². The molecule has 0 aromatic heterocycles. The standard InChI is InChI=1S/C13H19NO2/c15-7-6-14(9-11-4-5-11)10-12-2-1-3-13(16)8-12/h1-3,8,11,15-16H,4-7,9-10H2. The lowest BCUT2D eigenvalue weighted by Gasteiger charge is -2.21. The summed E-state index contributed by atoms with van der Waals surface area (Å²) in [6, 6.07) is 7.34. The van der Waals surface area contributed by atoms with Crippen molar-refractivity contribution in [1.29, 1.82) is 0 Å². The largest absolute Gasteiger partial charge is 0.508 e. The van der Waals surface area contributed by atoms with E-state index in [0.29, 0.717) is 12.3 Å². The molecule has 3 nitrogen and oxygen atoms in total. The van der Waals surface area contributed by atoms with E-state index in [0.717, 1.165) is 24.6 Å². The van der Waals surface area contributed by atoms with E-state index in [1.807, 2.05) is 12.1 Å². The minimum absolute atomic E-state index is 0.200. The smallest absolute Gasteiger partial charge is 0.115 e. The highest BCUT2D eigenvalue weighted by Crippen LogP contribution is 2.30. The third-order valence-electron chi connectivity index (χ3n) is 2.95. The molecule has 2 N–H and O–H groups in total. The fourth-order valence-corrected chi connectivity index (χ4v) is 1.95. The maximum absolute atomic E-state index is 9.38. The molecule has 0 saturated heterocycles. The van der Waals surface area contributed by atoms with Gasteiger partial charge in [0.2, 0.25) is 0 Å². The molecule has 0 spiro atoms. The zero-order valence-electron chi connectivity index (χ0n) is 9.47. The van der Waals surface area contributed by atoms with Gasteiger partial charge in [0, 0.05) is 19.6 Å². The number of rotatable bonds is 6. The van der Waals surface area contributed by atoms with Crippen LogP contribution in [0.1, 0.15) is 18.4 Å². The first-order valence-corrected chi connectivity index (χ1v) is 5.89. The van der Waals surface area contributed by atoms with E-state index in [4.69, 9.17) is 5.11 Å². The van der Waals surface area contributed by atoms with Gasteiger partial charge in [0.1, 0.15) is 5.75 Å². The Bertz CT molecular complexity index is 336. The highest BCUT2D eigenvalue weighted by Gasteiger charge is 2.23.